The molecular formula is C21H32N2O4. The molecule has 1 aromatic rings. The van der Waals surface area contributed by atoms with E-state index in [0.717, 1.165) is 18.4 Å². The monoisotopic (exact) mass is 376 g/mol. The third-order valence-electron chi connectivity index (χ3n) is 4.77. The Kier molecular flexibility index (Phi) is 7.95. The van der Waals surface area contributed by atoms with E-state index in [-0.39, 0.29) is 24.2 Å². The maximum Gasteiger partial charge on any atom is 0.223 e. The molecule has 1 aliphatic carbocycles. The molecule has 6 nitrogen and oxygen atoms in total. The Morgan fingerprint density at radius 2 is 1.96 bits per heavy atom. The number of hydrogen-bond acceptors (Lipinski definition) is 4. The summed E-state index contributed by atoms with van der Waals surface area (Å²) in [5.74, 6) is 2.56. The fraction of sp³-hybridized carbons (Fsp3) is 0.619. The molecule has 1 aliphatic rings. The van der Waals surface area contributed by atoms with Gasteiger partial charge in [-0.05, 0) is 42.4 Å². The van der Waals surface area contributed by atoms with E-state index >= 15 is 0 Å². The van der Waals surface area contributed by atoms with E-state index in [1.54, 1.807) is 7.11 Å². The summed E-state index contributed by atoms with van der Waals surface area (Å²) in [6, 6.07) is 5.67. The molecule has 27 heavy (non-hydrogen) atoms. The Bertz CT molecular complexity index is 645. The number of amides is 2. The number of ether oxygens (including phenoxy) is 2. The lowest BCUT2D eigenvalue weighted by atomic mass is 10.1. The molecule has 0 bridgehead atoms. The molecule has 150 valence electrons. The number of benzene rings is 1. The first kappa shape index (κ1) is 21.1. The predicted octanol–water partition coefficient (Wildman–Crippen LogP) is 2.90. The van der Waals surface area contributed by atoms with Gasteiger partial charge in [0.25, 0.3) is 0 Å². The quantitative estimate of drug-likeness (QED) is 0.623. The summed E-state index contributed by atoms with van der Waals surface area (Å²) in [5.41, 5.74) is 0.937. The summed E-state index contributed by atoms with van der Waals surface area (Å²) >= 11 is 0. The van der Waals surface area contributed by atoms with Crippen molar-refractivity contribution in [3.8, 4) is 11.5 Å². The van der Waals surface area contributed by atoms with E-state index in [1.807, 2.05) is 18.2 Å². The number of methoxy groups -OCH3 is 1. The van der Waals surface area contributed by atoms with Gasteiger partial charge in [-0.2, -0.15) is 0 Å². The Hall–Kier alpha value is -2.24. The molecule has 0 saturated heterocycles. The van der Waals surface area contributed by atoms with E-state index in [2.05, 4.69) is 31.4 Å². The summed E-state index contributed by atoms with van der Waals surface area (Å²) in [6.45, 7) is 7.81. The highest BCUT2D eigenvalue weighted by Crippen LogP contribution is 2.37. The lowest BCUT2D eigenvalue weighted by Gasteiger charge is -2.13. The molecule has 0 unspecified atom stereocenters. The number of nitrogens with one attached hydrogen (secondary N) is 2. The Morgan fingerprint density at radius 1 is 1.22 bits per heavy atom. The third kappa shape index (κ3) is 7.12. The Balaban J connectivity index is 1.72. The summed E-state index contributed by atoms with van der Waals surface area (Å²) in [6.07, 6.45) is 2.22. The van der Waals surface area contributed by atoms with Crippen LogP contribution in [0.25, 0.3) is 0 Å². The zero-order valence-electron chi connectivity index (χ0n) is 16.8. The molecule has 1 aromatic carbocycles. The van der Waals surface area contributed by atoms with E-state index in [9.17, 15) is 9.59 Å². The Labute approximate surface area is 162 Å². The van der Waals surface area contributed by atoms with Crippen LogP contribution in [0.4, 0.5) is 0 Å². The number of hydrogen-bond donors (Lipinski definition) is 2. The van der Waals surface area contributed by atoms with Gasteiger partial charge >= 0.3 is 0 Å². The topological polar surface area (TPSA) is 76.7 Å². The summed E-state index contributed by atoms with van der Waals surface area (Å²) in [4.78, 5) is 23.7. The van der Waals surface area contributed by atoms with Crippen LogP contribution in [-0.2, 0) is 16.1 Å². The van der Waals surface area contributed by atoms with Gasteiger partial charge in [0.15, 0.2) is 11.5 Å². The van der Waals surface area contributed by atoms with Gasteiger partial charge in [0.05, 0.1) is 13.7 Å². The molecule has 0 aliphatic heterocycles. The molecule has 0 heterocycles. The number of rotatable bonds is 11. The lowest BCUT2D eigenvalue weighted by molar-refractivity contribution is -0.123. The summed E-state index contributed by atoms with van der Waals surface area (Å²) in [5, 5.41) is 5.69. The lowest BCUT2D eigenvalue weighted by Crippen LogP contribution is -2.31. The van der Waals surface area contributed by atoms with Crippen LogP contribution < -0.4 is 20.1 Å². The molecule has 0 spiro atoms. The minimum Gasteiger partial charge on any atom is -0.493 e. The minimum absolute atomic E-state index is 0.0630. The first-order chi connectivity index (χ1) is 12.9. The van der Waals surface area contributed by atoms with Crippen molar-refractivity contribution in [3.63, 3.8) is 0 Å². The van der Waals surface area contributed by atoms with Crippen molar-refractivity contribution in [1.82, 2.24) is 10.6 Å². The van der Waals surface area contributed by atoms with Crippen LogP contribution in [0.2, 0.25) is 0 Å². The van der Waals surface area contributed by atoms with Crippen LogP contribution >= 0.6 is 0 Å². The third-order valence-corrected chi connectivity index (χ3v) is 4.77. The van der Waals surface area contributed by atoms with Crippen molar-refractivity contribution < 1.29 is 19.1 Å². The minimum atomic E-state index is -0.0876. The van der Waals surface area contributed by atoms with Crippen LogP contribution in [0.1, 0.15) is 45.6 Å². The van der Waals surface area contributed by atoms with E-state index in [0.29, 0.717) is 43.0 Å². The van der Waals surface area contributed by atoms with E-state index in [1.165, 1.54) is 0 Å². The highest BCUT2D eigenvalue weighted by atomic mass is 16.5. The molecule has 6 heteroatoms. The molecular weight excluding hydrogens is 344 g/mol. The number of carbonyl (C=O) groups excluding carboxylic acids is 2. The van der Waals surface area contributed by atoms with Crippen LogP contribution in [0.15, 0.2) is 18.2 Å². The van der Waals surface area contributed by atoms with E-state index < -0.39 is 0 Å². The van der Waals surface area contributed by atoms with Crippen molar-refractivity contribution in [2.24, 2.45) is 17.8 Å². The first-order valence-corrected chi connectivity index (χ1v) is 9.74. The van der Waals surface area contributed by atoms with Crippen LogP contribution in [0, 0.1) is 17.8 Å². The van der Waals surface area contributed by atoms with Crippen LogP contribution in [0.5, 0.6) is 11.5 Å². The highest BCUT2D eigenvalue weighted by Gasteiger charge is 2.38. The van der Waals surface area contributed by atoms with Crippen molar-refractivity contribution in [2.75, 3.05) is 20.3 Å². The van der Waals surface area contributed by atoms with Gasteiger partial charge in [-0.25, -0.2) is 0 Å². The van der Waals surface area contributed by atoms with Gasteiger partial charge in [0.2, 0.25) is 11.8 Å². The van der Waals surface area contributed by atoms with Crippen molar-refractivity contribution in [3.05, 3.63) is 23.8 Å². The van der Waals surface area contributed by atoms with Gasteiger partial charge in [-0.1, -0.05) is 26.8 Å². The molecule has 0 radical (unpaired) electrons. The average molecular weight is 376 g/mol. The van der Waals surface area contributed by atoms with Crippen molar-refractivity contribution >= 4 is 11.8 Å². The fourth-order valence-electron chi connectivity index (χ4n) is 2.75. The molecule has 2 atom stereocenters. The summed E-state index contributed by atoms with van der Waals surface area (Å²) < 4.78 is 11.2. The van der Waals surface area contributed by atoms with E-state index in [4.69, 9.17) is 9.47 Å². The predicted molar refractivity (Wildman–Crippen MR) is 105 cm³/mol. The summed E-state index contributed by atoms with van der Waals surface area (Å²) in [7, 11) is 1.61. The average Bonchev–Trinajstić information content (AvgIpc) is 3.37. The largest absolute Gasteiger partial charge is 0.493 e. The Morgan fingerprint density at radius 3 is 2.59 bits per heavy atom. The molecule has 1 fully saturated rings. The first-order valence-electron chi connectivity index (χ1n) is 9.74. The van der Waals surface area contributed by atoms with Gasteiger partial charge in [-0.15, -0.1) is 0 Å². The van der Waals surface area contributed by atoms with Crippen molar-refractivity contribution in [2.45, 2.75) is 46.6 Å². The highest BCUT2D eigenvalue weighted by molar-refractivity contribution is 5.82. The second kappa shape index (κ2) is 10.2. The second-order valence-electron chi connectivity index (χ2n) is 7.65. The maximum absolute atomic E-state index is 12.0. The molecule has 2 N–H and O–H groups in total. The normalized spacial score (nSPS) is 18.1. The van der Waals surface area contributed by atoms with Gasteiger partial charge in [0, 0.05) is 25.4 Å². The second-order valence-corrected chi connectivity index (χ2v) is 7.65. The smallest absolute Gasteiger partial charge is 0.223 e. The van der Waals surface area contributed by atoms with Crippen molar-refractivity contribution in [1.29, 1.82) is 0 Å². The van der Waals surface area contributed by atoms with Gasteiger partial charge in [-0.3, -0.25) is 9.59 Å². The SMILES string of the molecule is COc1cc(CNC(=O)CCNC(=O)[C@@H]2C[C@@H]2C)ccc1OCCC(C)C. The zero-order chi connectivity index (χ0) is 19.8. The fourth-order valence-corrected chi connectivity index (χ4v) is 2.75. The zero-order valence-corrected chi connectivity index (χ0v) is 16.8. The van der Waals surface area contributed by atoms with Crippen LogP contribution in [0.3, 0.4) is 0 Å². The molecule has 2 rings (SSSR count). The number of carbonyl (C=O) groups is 2. The van der Waals surface area contributed by atoms with Gasteiger partial charge < -0.3 is 20.1 Å². The standard InChI is InChI=1S/C21H32N2O4/c1-14(2)8-10-27-18-6-5-16(12-19(18)26-4)13-23-20(24)7-9-22-21(25)17-11-15(17)3/h5-6,12,14-15,17H,7-11,13H2,1-4H3,(H,22,25)(H,23,24)/t15-,17+/m0/s1. The molecule has 2 amide bonds. The van der Waals surface area contributed by atoms with Crippen LogP contribution in [-0.4, -0.2) is 32.1 Å². The molecule has 1 saturated carbocycles. The maximum atomic E-state index is 12.0. The molecule has 0 aromatic heterocycles. The van der Waals surface area contributed by atoms with Gasteiger partial charge in [0.1, 0.15) is 0 Å².